The Morgan fingerprint density at radius 3 is 2.70 bits per heavy atom. The van der Waals surface area contributed by atoms with Gasteiger partial charge in [-0.15, -0.1) is 0 Å². The van der Waals surface area contributed by atoms with Crippen LogP contribution in [0.4, 0.5) is 5.13 Å². The number of sulfonamides is 1. The number of nitrogens with zero attached hydrogens (tertiary/aromatic N) is 2. The minimum absolute atomic E-state index is 0.0464. The van der Waals surface area contributed by atoms with Crippen molar-refractivity contribution in [2.75, 3.05) is 11.9 Å². The van der Waals surface area contributed by atoms with E-state index >= 15 is 0 Å². The van der Waals surface area contributed by atoms with Gasteiger partial charge in [-0.25, -0.2) is 13.4 Å². The molecule has 1 N–H and O–H groups in total. The lowest BCUT2D eigenvalue weighted by atomic mass is 10.0. The second-order valence-electron chi connectivity index (χ2n) is 7.26. The maximum Gasteiger partial charge on any atom is 0.257 e. The number of benzene rings is 2. The van der Waals surface area contributed by atoms with Gasteiger partial charge in [0.05, 0.1) is 15.1 Å². The number of nitrogens with one attached hydrogen (secondary N) is 1. The zero-order valence-corrected chi connectivity index (χ0v) is 19.7. The Kier molecular flexibility index (Phi) is 6.24. The van der Waals surface area contributed by atoms with Gasteiger partial charge in [-0.1, -0.05) is 30.7 Å². The number of piperidine rings is 1. The molecular weight excluding hydrogens is 486 g/mol. The van der Waals surface area contributed by atoms with E-state index in [1.54, 1.807) is 16.4 Å². The number of amides is 1. The van der Waals surface area contributed by atoms with Crippen LogP contribution in [-0.4, -0.2) is 36.2 Å². The van der Waals surface area contributed by atoms with Crippen molar-refractivity contribution in [2.24, 2.45) is 0 Å². The van der Waals surface area contributed by atoms with E-state index in [1.165, 1.54) is 23.5 Å². The van der Waals surface area contributed by atoms with Gasteiger partial charge >= 0.3 is 0 Å². The summed E-state index contributed by atoms with van der Waals surface area (Å²) in [7, 11) is -3.56. The summed E-state index contributed by atoms with van der Waals surface area (Å²) in [4.78, 5) is 17.3. The molecule has 2 heterocycles. The number of thiazole rings is 1. The van der Waals surface area contributed by atoms with Gasteiger partial charge in [0, 0.05) is 22.6 Å². The van der Waals surface area contributed by atoms with Crippen molar-refractivity contribution in [3.05, 3.63) is 52.5 Å². The zero-order chi connectivity index (χ0) is 21.3. The maximum absolute atomic E-state index is 13.1. The highest BCUT2D eigenvalue weighted by Crippen LogP contribution is 2.31. The molecule has 0 radical (unpaired) electrons. The molecule has 2 aromatic carbocycles. The Labute approximate surface area is 188 Å². The first kappa shape index (κ1) is 21.4. The van der Waals surface area contributed by atoms with Crippen LogP contribution in [0.3, 0.4) is 0 Å². The summed E-state index contributed by atoms with van der Waals surface area (Å²) in [6.07, 6.45) is 3.65. The number of halogens is 1. The number of carbonyl (C=O) groups excluding carboxylic acids is 1. The molecule has 1 aromatic heterocycles. The first-order valence-corrected chi connectivity index (χ1v) is 12.9. The first-order chi connectivity index (χ1) is 14.4. The molecule has 4 rings (SSSR count). The predicted octanol–water partition coefficient (Wildman–Crippen LogP) is 5.26. The van der Waals surface area contributed by atoms with Gasteiger partial charge in [0.1, 0.15) is 0 Å². The number of para-hydroxylation sites is 1. The molecule has 3 aromatic rings. The smallest absolute Gasteiger partial charge is 0.257 e. The molecule has 1 atom stereocenters. The van der Waals surface area contributed by atoms with Crippen molar-refractivity contribution in [2.45, 2.75) is 43.5 Å². The number of hydrogen-bond donors (Lipinski definition) is 1. The molecule has 1 unspecified atom stereocenters. The van der Waals surface area contributed by atoms with Crippen molar-refractivity contribution < 1.29 is 13.2 Å². The lowest BCUT2D eigenvalue weighted by molar-refractivity contribution is 0.102. The number of fused-ring (bicyclic) bond motifs is 1. The van der Waals surface area contributed by atoms with Gasteiger partial charge in [-0.2, -0.15) is 4.31 Å². The number of aromatic nitrogens is 1. The van der Waals surface area contributed by atoms with E-state index in [1.807, 2.05) is 25.1 Å². The van der Waals surface area contributed by atoms with Gasteiger partial charge < -0.3 is 0 Å². The fourth-order valence-electron chi connectivity index (χ4n) is 3.75. The summed E-state index contributed by atoms with van der Waals surface area (Å²) in [6, 6.07) is 11.9. The van der Waals surface area contributed by atoms with E-state index in [4.69, 9.17) is 0 Å². The molecule has 158 valence electrons. The fourth-order valence-corrected chi connectivity index (χ4v) is 6.99. The molecule has 0 aliphatic carbocycles. The van der Waals surface area contributed by atoms with E-state index in [9.17, 15) is 13.2 Å². The second kappa shape index (κ2) is 8.74. The fraction of sp³-hybridized carbons (Fsp3) is 0.333. The molecular formula is C21H22BrN3O3S2. The van der Waals surface area contributed by atoms with Gasteiger partial charge in [0.2, 0.25) is 10.0 Å². The minimum atomic E-state index is -3.56. The Balaban J connectivity index is 1.52. The molecule has 30 heavy (non-hydrogen) atoms. The van der Waals surface area contributed by atoms with Crippen molar-refractivity contribution in [1.29, 1.82) is 0 Å². The summed E-state index contributed by atoms with van der Waals surface area (Å²) >= 11 is 4.85. The third-order valence-corrected chi connectivity index (χ3v) is 8.90. The maximum atomic E-state index is 13.1. The molecule has 1 amide bonds. The molecule has 0 bridgehead atoms. The molecule has 0 saturated carbocycles. The Bertz CT molecular complexity index is 1180. The van der Waals surface area contributed by atoms with E-state index in [0.717, 1.165) is 40.4 Å². The molecule has 1 aliphatic rings. The average Bonchev–Trinajstić information content (AvgIpc) is 3.17. The van der Waals surface area contributed by atoms with Crippen LogP contribution >= 0.6 is 27.3 Å². The lowest BCUT2D eigenvalue weighted by Gasteiger charge is -2.34. The topological polar surface area (TPSA) is 79.4 Å². The third-order valence-electron chi connectivity index (χ3n) is 5.36. The molecule has 0 spiro atoms. The molecule has 1 aliphatic heterocycles. The zero-order valence-electron chi connectivity index (χ0n) is 16.5. The third kappa shape index (κ3) is 4.16. The molecule has 1 fully saturated rings. The normalized spacial score (nSPS) is 17.9. The highest BCUT2D eigenvalue weighted by molar-refractivity contribution is 9.10. The van der Waals surface area contributed by atoms with E-state index < -0.39 is 10.0 Å². The predicted molar refractivity (Wildman–Crippen MR) is 124 cm³/mol. The van der Waals surface area contributed by atoms with Crippen molar-refractivity contribution in [3.63, 3.8) is 0 Å². The highest BCUT2D eigenvalue weighted by Gasteiger charge is 2.32. The van der Waals surface area contributed by atoms with Crippen LogP contribution in [0.1, 0.15) is 43.0 Å². The van der Waals surface area contributed by atoms with E-state index in [2.05, 4.69) is 26.2 Å². The van der Waals surface area contributed by atoms with Crippen LogP contribution in [0, 0.1) is 0 Å². The molecule has 1 saturated heterocycles. The largest absolute Gasteiger partial charge is 0.298 e. The number of carbonyl (C=O) groups is 1. The summed E-state index contributed by atoms with van der Waals surface area (Å²) in [5.74, 6) is -0.321. The summed E-state index contributed by atoms with van der Waals surface area (Å²) in [5.41, 5.74) is 1.18. The standard InChI is InChI=1S/C21H22BrN3O3S2/c1-2-15-6-3-4-13-25(15)30(27,28)16-11-9-14(10-12-16)20(26)24-21-23-19-17(22)7-5-8-18(19)29-21/h5,7-12,15H,2-4,6,13H2,1H3,(H,23,24,26). The number of hydrogen-bond acceptors (Lipinski definition) is 5. The quantitative estimate of drug-likeness (QED) is 0.510. The Hall–Kier alpha value is -1.81. The van der Waals surface area contributed by atoms with Crippen LogP contribution in [0.2, 0.25) is 0 Å². The van der Waals surface area contributed by atoms with Crippen LogP contribution in [0.15, 0.2) is 51.8 Å². The SMILES string of the molecule is CCC1CCCCN1S(=O)(=O)c1ccc(C(=O)Nc2nc3c(Br)cccc3s2)cc1. The number of rotatable bonds is 5. The van der Waals surface area contributed by atoms with Gasteiger partial charge in [-0.05, 0) is 71.6 Å². The van der Waals surface area contributed by atoms with E-state index in [-0.39, 0.29) is 16.8 Å². The monoisotopic (exact) mass is 507 g/mol. The number of anilines is 1. The Morgan fingerprint density at radius 1 is 1.23 bits per heavy atom. The summed E-state index contributed by atoms with van der Waals surface area (Å²) in [5, 5.41) is 3.30. The summed E-state index contributed by atoms with van der Waals surface area (Å²) in [6.45, 7) is 2.57. The van der Waals surface area contributed by atoms with E-state index in [0.29, 0.717) is 17.2 Å². The van der Waals surface area contributed by atoms with Crippen LogP contribution in [0.5, 0.6) is 0 Å². The van der Waals surface area contributed by atoms with Crippen LogP contribution in [0.25, 0.3) is 10.2 Å². The van der Waals surface area contributed by atoms with Crippen molar-refractivity contribution >= 4 is 58.5 Å². The molecule has 6 nitrogen and oxygen atoms in total. The van der Waals surface area contributed by atoms with Crippen LogP contribution in [-0.2, 0) is 10.0 Å². The lowest BCUT2D eigenvalue weighted by Crippen LogP contribution is -2.43. The average molecular weight is 508 g/mol. The first-order valence-electron chi connectivity index (χ1n) is 9.88. The van der Waals surface area contributed by atoms with Crippen molar-refractivity contribution in [3.8, 4) is 0 Å². The van der Waals surface area contributed by atoms with Gasteiger partial charge in [-0.3, -0.25) is 10.1 Å². The molecule has 9 heteroatoms. The second-order valence-corrected chi connectivity index (χ2v) is 11.0. The van der Waals surface area contributed by atoms with Gasteiger partial charge in [0.15, 0.2) is 5.13 Å². The highest BCUT2D eigenvalue weighted by atomic mass is 79.9. The van der Waals surface area contributed by atoms with Gasteiger partial charge in [0.25, 0.3) is 5.91 Å². The Morgan fingerprint density at radius 2 is 2.00 bits per heavy atom. The minimum Gasteiger partial charge on any atom is -0.298 e. The van der Waals surface area contributed by atoms with Crippen LogP contribution < -0.4 is 5.32 Å². The van der Waals surface area contributed by atoms with Crippen molar-refractivity contribution in [1.82, 2.24) is 9.29 Å². The summed E-state index contributed by atoms with van der Waals surface area (Å²) < 4.78 is 29.6.